The zero-order valence-electron chi connectivity index (χ0n) is 7.56. The fourth-order valence-electron chi connectivity index (χ4n) is 1.16. The highest BCUT2D eigenvalue weighted by Gasteiger charge is 2.16. The van der Waals surface area contributed by atoms with Crippen LogP contribution in [0.15, 0.2) is 12.1 Å². The van der Waals surface area contributed by atoms with Crippen LogP contribution in [0.4, 0.5) is 8.78 Å². The molecule has 0 amide bonds. The van der Waals surface area contributed by atoms with E-state index in [2.05, 4.69) is 4.84 Å². The average molecular weight is 222 g/mol. The molecule has 0 saturated carbocycles. The average Bonchev–Trinajstić information content (AvgIpc) is 2.15. The van der Waals surface area contributed by atoms with Crippen LogP contribution in [-0.2, 0) is 4.84 Å². The van der Waals surface area contributed by atoms with Crippen LogP contribution < -0.4 is 5.90 Å². The van der Waals surface area contributed by atoms with Gasteiger partial charge in [0.05, 0.1) is 6.61 Å². The molecule has 1 atom stereocenters. The van der Waals surface area contributed by atoms with Gasteiger partial charge in [0.1, 0.15) is 16.7 Å². The smallest absolute Gasteiger partial charge is 0.148 e. The van der Waals surface area contributed by atoms with Gasteiger partial charge in [-0.05, 0) is 11.6 Å². The number of nitrogens with two attached hydrogens (primary N) is 1. The molecule has 0 aliphatic carbocycles. The number of rotatable bonds is 3. The van der Waals surface area contributed by atoms with Gasteiger partial charge in [0, 0.05) is 5.92 Å². The van der Waals surface area contributed by atoms with Gasteiger partial charge in [0.2, 0.25) is 0 Å². The predicted octanol–water partition coefficient (Wildman–Crippen LogP) is 2.61. The van der Waals surface area contributed by atoms with Gasteiger partial charge in [-0.25, -0.2) is 14.7 Å². The normalized spacial score (nSPS) is 12.9. The predicted molar refractivity (Wildman–Crippen MR) is 49.9 cm³/mol. The molecular formula is C9H10ClF2NO. The van der Waals surface area contributed by atoms with Crippen molar-refractivity contribution in [2.24, 2.45) is 5.90 Å². The van der Waals surface area contributed by atoms with Crippen LogP contribution in [0.5, 0.6) is 0 Å². The molecule has 2 nitrogen and oxygen atoms in total. The molecule has 1 aromatic carbocycles. The first-order valence-electron chi connectivity index (χ1n) is 4.03. The summed E-state index contributed by atoms with van der Waals surface area (Å²) in [5.74, 6) is 3.07. The lowest BCUT2D eigenvalue weighted by molar-refractivity contribution is 0.126. The molecule has 0 aliphatic heterocycles. The van der Waals surface area contributed by atoms with E-state index in [9.17, 15) is 8.78 Å². The summed E-state index contributed by atoms with van der Waals surface area (Å²) in [5, 5.41) is -0.494. The summed E-state index contributed by atoms with van der Waals surface area (Å²) < 4.78 is 26.1. The molecule has 0 radical (unpaired) electrons. The first-order valence-corrected chi connectivity index (χ1v) is 4.40. The third-order valence-corrected chi connectivity index (χ3v) is 2.29. The minimum atomic E-state index is -0.770. The Kier molecular flexibility index (Phi) is 3.80. The maximum atomic E-state index is 13.4. The van der Waals surface area contributed by atoms with Crippen molar-refractivity contribution in [2.75, 3.05) is 6.61 Å². The fourth-order valence-corrected chi connectivity index (χ4v) is 1.33. The Hall–Kier alpha value is -0.710. The molecule has 78 valence electrons. The van der Waals surface area contributed by atoms with Crippen LogP contribution in [-0.4, -0.2) is 6.61 Å². The maximum absolute atomic E-state index is 13.4. The summed E-state index contributed by atoms with van der Waals surface area (Å²) in [4.78, 5) is 4.38. The van der Waals surface area contributed by atoms with Crippen molar-refractivity contribution in [1.29, 1.82) is 0 Å². The number of halogens is 3. The van der Waals surface area contributed by atoms with Crippen LogP contribution >= 0.6 is 11.6 Å². The number of benzene rings is 1. The Balaban J connectivity index is 3.04. The van der Waals surface area contributed by atoms with E-state index in [1.54, 1.807) is 6.92 Å². The van der Waals surface area contributed by atoms with Gasteiger partial charge >= 0.3 is 0 Å². The van der Waals surface area contributed by atoms with Gasteiger partial charge in [-0.15, -0.1) is 0 Å². The Labute approximate surface area is 85.6 Å². The van der Waals surface area contributed by atoms with Gasteiger partial charge in [-0.2, -0.15) is 0 Å². The lowest BCUT2D eigenvalue weighted by Gasteiger charge is -2.12. The third-order valence-electron chi connectivity index (χ3n) is 1.94. The van der Waals surface area contributed by atoms with Crippen LogP contribution in [0.3, 0.4) is 0 Å². The highest BCUT2D eigenvalue weighted by atomic mass is 35.5. The van der Waals surface area contributed by atoms with Crippen molar-refractivity contribution in [2.45, 2.75) is 12.8 Å². The Morgan fingerprint density at radius 1 is 1.50 bits per heavy atom. The summed E-state index contributed by atoms with van der Waals surface area (Å²) in [5.41, 5.74) is 0.293. The van der Waals surface area contributed by atoms with E-state index >= 15 is 0 Å². The standard InChI is InChI=1S/C9H10ClF2NO/c1-5(4-14-13)6-2-3-7(11)8(10)9(6)12/h2-3,5H,4,13H2,1H3. The Morgan fingerprint density at radius 3 is 2.71 bits per heavy atom. The molecular weight excluding hydrogens is 212 g/mol. The molecule has 1 aromatic rings. The lowest BCUT2D eigenvalue weighted by atomic mass is 10.0. The van der Waals surface area contributed by atoms with E-state index in [0.717, 1.165) is 6.07 Å². The zero-order chi connectivity index (χ0) is 10.7. The second-order valence-corrected chi connectivity index (χ2v) is 3.38. The lowest BCUT2D eigenvalue weighted by Crippen LogP contribution is -2.10. The van der Waals surface area contributed by atoms with Gasteiger partial charge in [0.25, 0.3) is 0 Å². The van der Waals surface area contributed by atoms with E-state index in [-0.39, 0.29) is 12.5 Å². The number of hydrogen-bond acceptors (Lipinski definition) is 2. The second kappa shape index (κ2) is 4.68. The van der Waals surface area contributed by atoms with Crippen molar-refractivity contribution < 1.29 is 13.6 Å². The molecule has 0 heterocycles. The zero-order valence-corrected chi connectivity index (χ0v) is 8.31. The van der Waals surface area contributed by atoms with E-state index in [0.29, 0.717) is 5.56 Å². The molecule has 0 saturated heterocycles. The first kappa shape index (κ1) is 11.4. The van der Waals surface area contributed by atoms with Crippen molar-refractivity contribution in [3.63, 3.8) is 0 Å². The summed E-state index contributed by atoms with van der Waals surface area (Å²) >= 11 is 5.40. The molecule has 1 unspecified atom stereocenters. The quantitative estimate of drug-likeness (QED) is 0.629. The van der Waals surface area contributed by atoms with Gasteiger partial charge < -0.3 is 4.84 Å². The molecule has 2 N–H and O–H groups in total. The highest BCUT2D eigenvalue weighted by Crippen LogP contribution is 2.26. The summed E-state index contributed by atoms with van der Waals surface area (Å²) in [6.07, 6.45) is 0. The van der Waals surface area contributed by atoms with Crippen LogP contribution in [0.2, 0.25) is 5.02 Å². The van der Waals surface area contributed by atoms with E-state index in [1.165, 1.54) is 6.07 Å². The monoisotopic (exact) mass is 221 g/mol. The molecule has 5 heteroatoms. The van der Waals surface area contributed by atoms with Crippen molar-refractivity contribution in [3.8, 4) is 0 Å². The largest absolute Gasteiger partial charge is 0.304 e. The molecule has 1 rings (SSSR count). The summed E-state index contributed by atoms with van der Waals surface area (Å²) in [6, 6.07) is 2.45. The summed E-state index contributed by atoms with van der Waals surface area (Å²) in [7, 11) is 0. The fraction of sp³-hybridized carbons (Fsp3) is 0.333. The van der Waals surface area contributed by atoms with E-state index < -0.39 is 16.7 Å². The molecule has 0 aromatic heterocycles. The maximum Gasteiger partial charge on any atom is 0.148 e. The van der Waals surface area contributed by atoms with Gasteiger partial charge in [-0.1, -0.05) is 24.6 Å². The Bertz CT molecular complexity index is 333. The van der Waals surface area contributed by atoms with Crippen LogP contribution in [0, 0.1) is 11.6 Å². The minimum Gasteiger partial charge on any atom is -0.304 e. The minimum absolute atomic E-state index is 0.152. The van der Waals surface area contributed by atoms with Crippen molar-refractivity contribution in [1.82, 2.24) is 0 Å². The molecule has 0 bridgehead atoms. The Morgan fingerprint density at radius 2 is 2.14 bits per heavy atom. The number of hydrogen-bond donors (Lipinski definition) is 1. The van der Waals surface area contributed by atoms with Gasteiger partial charge in [-0.3, -0.25) is 0 Å². The van der Waals surface area contributed by atoms with E-state index in [1.807, 2.05) is 0 Å². The van der Waals surface area contributed by atoms with Crippen LogP contribution in [0.1, 0.15) is 18.4 Å². The third kappa shape index (κ3) is 2.20. The van der Waals surface area contributed by atoms with Gasteiger partial charge in [0.15, 0.2) is 0 Å². The first-order chi connectivity index (χ1) is 6.57. The van der Waals surface area contributed by atoms with Crippen molar-refractivity contribution in [3.05, 3.63) is 34.4 Å². The molecule has 0 fully saturated rings. The second-order valence-electron chi connectivity index (χ2n) is 3.00. The summed E-state index contributed by atoms with van der Waals surface area (Å²) in [6.45, 7) is 1.86. The van der Waals surface area contributed by atoms with Crippen LogP contribution in [0.25, 0.3) is 0 Å². The molecule has 14 heavy (non-hydrogen) atoms. The SMILES string of the molecule is CC(CON)c1ccc(F)c(Cl)c1F. The van der Waals surface area contributed by atoms with Crippen molar-refractivity contribution >= 4 is 11.6 Å². The molecule has 0 aliphatic rings. The van der Waals surface area contributed by atoms with E-state index in [4.69, 9.17) is 17.5 Å². The molecule has 0 spiro atoms. The highest BCUT2D eigenvalue weighted by molar-refractivity contribution is 6.30. The topological polar surface area (TPSA) is 35.2 Å².